The Morgan fingerprint density at radius 1 is 1.24 bits per heavy atom. The van der Waals surface area contributed by atoms with Crippen LogP contribution in [0.25, 0.3) is 0 Å². The smallest absolute Gasteiger partial charge is 0.251 e. The number of carbonyl (C=O) groups excluding carboxylic acids is 2. The van der Waals surface area contributed by atoms with Gasteiger partial charge in [-0.3, -0.25) is 9.59 Å². The largest absolute Gasteiger partial charge is 0.348 e. The Morgan fingerprint density at radius 3 is 2.90 bits per heavy atom. The minimum Gasteiger partial charge on any atom is -0.348 e. The molecule has 0 unspecified atom stereocenters. The average Bonchev–Trinajstić information content (AvgIpc) is 2.84. The maximum Gasteiger partial charge on any atom is 0.251 e. The average molecular weight is 280 g/mol. The van der Waals surface area contributed by atoms with Gasteiger partial charge in [0.2, 0.25) is 5.91 Å². The molecular weight excluding hydrogens is 264 g/mol. The molecule has 0 spiro atoms. The number of benzene rings is 2. The second-order valence-electron chi connectivity index (χ2n) is 5.27. The van der Waals surface area contributed by atoms with Crippen LogP contribution in [-0.4, -0.2) is 11.8 Å². The summed E-state index contributed by atoms with van der Waals surface area (Å²) in [7, 11) is 0. The Kier molecular flexibility index (Phi) is 3.44. The van der Waals surface area contributed by atoms with Gasteiger partial charge >= 0.3 is 0 Å². The summed E-state index contributed by atoms with van der Waals surface area (Å²) in [6.07, 6.45) is 0.412. The molecule has 0 atom stereocenters. The number of aryl methyl sites for hydroxylation is 1. The van der Waals surface area contributed by atoms with Crippen LogP contribution in [0.3, 0.4) is 0 Å². The van der Waals surface area contributed by atoms with Gasteiger partial charge in [0.15, 0.2) is 0 Å². The van der Waals surface area contributed by atoms with Gasteiger partial charge in [0.1, 0.15) is 0 Å². The van der Waals surface area contributed by atoms with Crippen molar-refractivity contribution in [1.29, 1.82) is 0 Å². The molecule has 2 N–H and O–H groups in total. The maximum absolute atomic E-state index is 12.1. The molecule has 4 nitrogen and oxygen atoms in total. The molecule has 0 radical (unpaired) electrons. The van der Waals surface area contributed by atoms with Crippen LogP contribution >= 0.6 is 0 Å². The Bertz CT molecular complexity index is 722. The van der Waals surface area contributed by atoms with Crippen LogP contribution in [0.15, 0.2) is 42.5 Å². The SMILES string of the molecule is Cc1cccc(C(=O)NCc2ccc3c(c2)CC(=O)N3)c1. The number of hydrogen-bond acceptors (Lipinski definition) is 2. The number of anilines is 1. The number of carbonyl (C=O) groups is 2. The highest BCUT2D eigenvalue weighted by Crippen LogP contribution is 2.23. The number of rotatable bonds is 3. The Morgan fingerprint density at radius 2 is 2.10 bits per heavy atom. The predicted molar refractivity (Wildman–Crippen MR) is 81.1 cm³/mol. The van der Waals surface area contributed by atoms with E-state index in [1.54, 1.807) is 6.07 Å². The molecule has 0 aliphatic carbocycles. The van der Waals surface area contributed by atoms with Crippen LogP contribution in [-0.2, 0) is 17.8 Å². The third kappa shape index (κ3) is 2.94. The van der Waals surface area contributed by atoms with Crippen LogP contribution < -0.4 is 10.6 Å². The monoisotopic (exact) mass is 280 g/mol. The first-order valence-electron chi connectivity index (χ1n) is 6.88. The lowest BCUT2D eigenvalue weighted by atomic mass is 10.1. The van der Waals surface area contributed by atoms with Gasteiger partial charge in [-0.25, -0.2) is 0 Å². The van der Waals surface area contributed by atoms with Crippen molar-refractivity contribution < 1.29 is 9.59 Å². The Balaban J connectivity index is 1.67. The van der Waals surface area contributed by atoms with Gasteiger partial charge in [-0.15, -0.1) is 0 Å². The third-order valence-electron chi connectivity index (χ3n) is 3.53. The van der Waals surface area contributed by atoms with Crippen molar-refractivity contribution in [3.8, 4) is 0 Å². The molecule has 1 aliphatic rings. The first-order valence-corrected chi connectivity index (χ1v) is 6.88. The topological polar surface area (TPSA) is 58.2 Å². The van der Waals surface area contributed by atoms with Crippen molar-refractivity contribution in [2.75, 3.05) is 5.32 Å². The Labute approximate surface area is 123 Å². The van der Waals surface area contributed by atoms with E-state index in [0.717, 1.165) is 22.4 Å². The van der Waals surface area contributed by atoms with E-state index in [-0.39, 0.29) is 11.8 Å². The minimum absolute atomic E-state index is 0.0194. The predicted octanol–water partition coefficient (Wildman–Crippen LogP) is 2.42. The molecular formula is C17H16N2O2. The third-order valence-corrected chi connectivity index (χ3v) is 3.53. The van der Waals surface area contributed by atoms with Crippen molar-refractivity contribution in [1.82, 2.24) is 5.32 Å². The zero-order chi connectivity index (χ0) is 14.8. The number of hydrogen-bond donors (Lipinski definition) is 2. The summed E-state index contributed by atoms with van der Waals surface area (Å²) in [5, 5.41) is 5.70. The molecule has 0 saturated carbocycles. The van der Waals surface area contributed by atoms with Gasteiger partial charge < -0.3 is 10.6 Å². The Hall–Kier alpha value is -2.62. The second kappa shape index (κ2) is 5.40. The van der Waals surface area contributed by atoms with Crippen molar-refractivity contribution in [2.24, 2.45) is 0 Å². The summed E-state index contributed by atoms with van der Waals surface area (Å²) in [5.74, 6) is -0.0700. The fourth-order valence-electron chi connectivity index (χ4n) is 2.46. The van der Waals surface area contributed by atoms with Gasteiger partial charge in [0.25, 0.3) is 5.91 Å². The van der Waals surface area contributed by atoms with Crippen LogP contribution in [0.2, 0.25) is 0 Å². The number of fused-ring (bicyclic) bond motifs is 1. The van der Waals surface area contributed by atoms with E-state index >= 15 is 0 Å². The normalized spacial score (nSPS) is 12.7. The van der Waals surface area contributed by atoms with E-state index in [4.69, 9.17) is 0 Å². The first kappa shape index (κ1) is 13.4. The second-order valence-corrected chi connectivity index (χ2v) is 5.27. The van der Waals surface area contributed by atoms with Crippen LogP contribution in [0.5, 0.6) is 0 Å². The van der Waals surface area contributed by atoms with Gasteiger partial charge in [0, 0.05) is 17.8 Å². The molecule has 0 aromatic heterocycles. The molecule has 2 amide bonds. The summed E-state index contributed by atoms with van der Waals surface area (Å²) in [6.45, 7) is 2.41. The summed E-state index contributed by atoms with van der Waals surface area (Å²) in [5.41, 5.74) is 4.57. The van der Waals surface area contributed by atoms with Gasteiger partial charge in [-0.2, -0.15) is 0 Å². The van der Waals surface area contributed by atoms with Crippen molar-refractivity contribution in [3.05, 3.63) is 64.7 Å². The molecule has 1 heterocycles. The number of amides is 2. The van der Waals surface area contributed by atoms with E-state index in [2.05, 4.69) is 10.6 Å². The highest BCUT2D eigenvalue weighted by atomic mass is 16.2. The van der Waals surface area contributed by atoms with Crippen LogP contribution in [0.4, 0.5) is 5.69 Å². The molecule has 0 saturated heterocycles. The molecule has 2 aromatic carbocycles. The first-order chi connectivity index (χ1) is 10.1. The molecule has 106 valence electrons. The van der Waals surface area contributed by atoms with Crippen LogP contribution in [0, 0.1) is 6.92 Å². The van der Waals surface area contributed by atoms with E-state index in [9.17, 15) is 9.59 Å². The van der Waals surface area contributed by atoms with E-state index in [1.807, 2.05) is 43.3 Å². The summed E-state index contributed by atoms with van der Waals surface area (Å²) >= 11 is 0. The summed E-state index contributed by atoms with van der Waals surface area (Å²) in [4.78, 5) is 23.4. The van der Waals surface area contributed by atoms with E-state index in [1.165, 1.54) is 0 Å². The minimum atomic E-state index is -0.0894. The maximum atomic E-state index is 12.1. The molecule has 4 heteroatoms. The van der Waals surface area contributed by atoms with Crippen molar-refractivity contribution in [2.45, 2.75) is 19.9 Å². The van der Waals surface area contributed by atoms with Gasteiger partial charge in [-0.1, -0.05) is 29.8 Å². The van der Waals surface area contributed by atoms with E-state index < -0.39 is 0 Å². The highest BCUT2D eigenvalue weighted by molar-refractivity contribution is 5.99. The zero-order valence-electron chi connectivity index (χ0n) is 11.8. The molecule has 0 bridgehead atoms. The van der Waals surface area contributed by atoms with Crippen molar-refractivity contribution in [3.63, 3.8) is 0 Å². The van der Waals surface area contributed by atoms with Crippen molar-refractivity contribution >= 4 is 17.5 Å². The van der Waals surface area contributed by atoms with Gasteiger partial charge in [-0.05, 0) is 36.2 Å². The summed E-state index contributed by atoms with van der Waals surface area (Å²) < 4.78 is 0. The lowest BCUT2D eigenvalue weighted by Crippen LogP contribution is -2.22. The molecule has 2 aromatic rings. The summed E-state index contributed by atoms with van der Waals surface area (Å²) in [6, 6.07) is 13.3. The molecule has 1 aliphatic heterocycles. The van der Waals surface area contributed by atoms with Crippen LogP contribution in [0.1, 0.15) is 27.0 Å². The fourth-order valence-corrected chi connectivity index (χ4v) is 2.46. The zero-order valence-corrected chi connectivity index (χ0v) is 11.8. The van der Waals surface area contributed by atoms with Gasteiger partial charge in [0.05, 0.1) is 6.42 Å². The quantitative estimate of drug-likeness (QED) is 0.907. The fraction of sp³-hybridized carbons (Fsp3) is 0.176. The standard InChI is InChI=1S/C17H16N2O2/c1-11-3-2-4-13(7-11)17(21)18-10-12-5-6-15-14(8-12)9-16(20)19-15/h2-8H,9-10H2,1H3,(H,18,21)(H,19,20). The lowest BCUT2D eigenvalue weighted by molar-refractivity contribution is -0.115. The molecule has 3 rings (SSSR count). The molecule has 21 heavy (non-hydrogen) atoms. The number of nitrogens with one attached hydrogen (secondary N) is 2. The van der Waals surface area contributed by atoms with E-state index in [0.29, 0.717) is 18.5 Å². The highest BCUT2D eigenvalue weighted by Gasteiger charge is 2.17. The molecule has 0 fully saturated rings. The lowest BCUT2D eigenvalue weighted by Gasteiger charge is -2.07.